The number of halogens is 1. The second kappa shape index (κ2) is 4.84. The van der Waals surface area contributed by atoms with E-state index < -0.39 is 5.24 Å². The van der Waals surface area contributed by atoms with Gasteiger partial charge in [-0.25, -0.2) is 0 Å². The van der Waals surface area contributed by atoms with E-state index in [2.05, 4.69) is 0 Å². The van der Waals surface area contributed by atoms with Crippen LogP contribution < -0.4 is 4.74 Å². The summed E-state index contributed by atoms with van der Waals surface area (Å²) < 4.78 is 9.82. The smallest absolute Gasteiger partial charge is 0.256 e. The summed E-state index contributed by atoms with van der Waals surface area (Å²) in [4.78, 5) is 10.9. The van der Waals surface area contributed by atoms with Crippen molar-refractivity contribution >= 4 is 16.8 Å². The Kier molecular flexibility index (Phi) is 3.73. The molecule has 0 unspecified atom stereocenters. The van der Waals surface area contributed by atoms with Gasteiger partial charge in [-0.05, 0) is 23.7 Å². The summed E-state index contributed by atoms with van der Waals surface area (Å²) in [5.74, 6) is 0.435. The second-order valence-electron chi connectivity index (χ2n) is 2.32. The first kappa shape index (κ1) is 10.0. The summed E-state index contributed by atoms with van der Waals surface area (Å²) in [6.07, 6.45) is 0. The van der Waals surface area contributed by atoms with Crippen LogP contribution in [0.3, 0.4) is 0 Å². The number of benzene rings is 1. The van der Waals surface area contributed by atoms with Crippen LogP contribution >= 0.6 is 11.6 Å². The van der Waals surface area contributed by atoms with Crippen LogP contribution in [-0.4, -0.2) is 19.1 Å². The maximum Gasteiger partial charge on any atom is 0.256 e. The predicted molar refractivity (Wildman–Crippen MR) is 49.1 cm³/mol. The molecule has 0 N–H and O–H groups in total. The van der Waals surface area contributed by atoms with Gasteiger partial charge in [-0.15, -0.1) is 0 Å². The predicted octanol–water partition coefficient (Wildman–Crippen LogP) is 2.05. The molecule has 0 aliphatic rings. The van der Waals surface area contributed by atoms with Gasteiger partial charge in [0.1, 0.15) is 5.75 Å². The Balaban J connectivity index is 2.84. The molecule has 0 spiro atoms. The van der Waals surface area contributed by atoms with Crippen LogP contribution in [0.25, 0.3) is 0 Å². The number of hydrogen-bond donors (Lipinski definition) is 0. The molecule has 70 valence electrons. The lowest BCUT2D eigenvalue weighted by atomic mass is 10.2. The third kappa shape index (κ3) is 2.72. The van der Waals surface area contributed by atoms with Gasteiger partial charge in [-0.2, -0.15) is 0 Å². The molecule has 1 rings (SSSR count). The first-order valence-corrected chi connectivity index (χ1v) is 4.04. The zero-order valence-corrected chi connectivity index (χ0v) is 7.88. The summed E-state index contributed by atoms with van der Waals surface area (Å²) in [7, 11) is 1.51. The minimum absolute atomic E-state index is 0.0984. The molecule has 0 saturated heterocycles. The van der Waals surface area contributed by atoms with Gasteiger partial charge in [0.2, 0.25) is 0 Å². The van der Waals surface area contributed by atoms with Crippen molar-refractivity contribution in [3.05, 3.63) is 29.8 Å². The molecule has 0 saturated carbocycles. The number of methoxy groups -OCH3 is 1. The molecule has 0 amide bonds. The number of rotatable bonds is 4. The van der Waals surface area contributed by atoms with Crippen molar-refractivity contribution < 1.29 is 14.3 Å². The maximum absolute atomic E-state index is 10.9. The van der Waals surface area contributed by atoms with E-state index in [0.29, 0.717) is 11.3 Å². The van der Waals surface area contributed by atoms with Crippen LogP contribution in [0.2, 0.25) is 0 Å². The van der Waals surface area contributed by atoms with Gasteiger partial charge in [0, 0.05) is 7.11 Å². The molecule has 4 heteroatoms. The van der Waals surface area contributed by atoms with Gasteiger partial charge >= 0.3 is 0 Å². The Bertz CT molecular complexity index is 299. The van der Waals surface area contributed by atoms with Crippen molar-refractivity contribution in [3.63, 3.8) is 0 Å². The third-order valence-electron chi connectivity index (χ3n) is 1.43. The lowest BCUT2D eigenvalue weighted by Crippen LogP contribution is -2.02. The van der Waals surface area contributed by atoms with E-state index in [4.69, 9.17) is 21.1 Å². The fourth-order valence-corrected chi connectivity index (χ4v) is 1.03. The number of carbonyl (C=O) groups is 1. The first-order valence-electron chi connectivity index (χ1n) is 3.66. The highest BCUT2D eigenvalue weighted by atomic mass is 35.5. The highest BCUT2D eigenvalue weighted by Gasteiger charge is 2.08. The van der Waals surface area contributed by atoms with E-state index in [1.165, 1.54) is 7.11 Å². The SMILES string of the molecule is COCOc1ccccc1C(=O)Cl. The minimum Gasteiger partial charge on any atom is -0.467 e. The minimum atomic E-state index is -0.535. The zero-order chi connectivity index (χ0) is 9.68. The molecule has 0 bridgehead atoms. The van der Waals surface area contributed by atoms with Gasteiger partial charge in [-0.1, -0.05) is 12.1 Å². The van der Waals surface area contributed by atoms with Gasteiger partial charge in [-0.3, -0.25) is 4.79 Å². The fourth-order valence-electron chi connectivity index (χ4n) is 0.877. The molecule has 3 nitrogen and oxygen atoms in total. The molecule has 1 aromatic rings. The van der Waals surface area contributed by atoms with E-state index in [0.717, 1.165) is 0 Å². The average molecular weight is 201 g/mol. The van der Waals surface area contributed by atoms with Crippen LogP contribution in [0.4, 0.5) is 0 Å². The van der Waals surface area contributed by atoms with Crippen molar-refractivity contribution in [2.45, 2.75) is 0 Å². The Labute approximate surface area is 81.2 Å². The normalized spacial score (nSPS) is 9.69. The summed E-state index contributed by atoms with van der Waals surface area (Å²) >= 11 is 5.33. The summed E-state index contributed by atoms with van der Waals surface area (Å²) in [5.41, 5.74) is 0.348. The average Bonchev–Trinajstić information content (AvgIpc) is 2.15. The molecule has 1 aromatic carbocycles. The van der Waals surface area contributed by atoms with Crippen molar-refractivity contribution in [1.29, 1.82) is 0 Å². The van der Waals surface area contributed by atoms with Crippen LogP contribution in [0, 0.1) is 0 Å². The topological polar surface area (TPSA) is 35.5 Å². The molecule has 13 heavy (non-hydrogen) atoms. The van der Waals surface area contributed by atoms with Gasteiger partial charge in [0.25, 0.3) is 5.24 Å². The summed E-state index contributed by atoms with van der Waals surface area (Å²) in [6.45, 7) is 0.0984. The molecule has 0 fully saturated rings. The third-order valence-corrected chi connectivity index (χ3v) is 1.63. The molecule has 0 atom stereocenters. The van der Waals surface area contributed by atoms with Crippen molar-refractivity contribution in [3.8, 4) is 5.75 Å². The van der Waals surface area contributed by atoms with Crippen LogP contribution in [-0.2, 0) is 4.74 Å². The Morgan fingerprint density at radius 2 is 2.15 bits per heavy atom. The summed E-state index contributed by atoms with van der Waals surface area (Å²) in [5, 5.41) is -0.535. The number of hydrogen-bond acceptors (Lipinski definition) is 3. The van der Waals surface area contributed by atoms with E-state index >= 15 is 0 Å². The largest absolute Gasteiger partial charge is 0.467 e. The second-order valence-corrected chi connectivity index (χ2v) is 2.66. The Hall–Kier alpha value is -1.06. The molecule has 0 aliphatic carbocycles. The van der Waals surface area contributed by atoms with Gasteiger partial charge < -0.3 is 9.47 Å². The van der Waals surface area contributed by atoms with Crippen molar-refractivity contribution in [1.82, 2.24) is 0 Å². The van der Waals surface area contributed by atoms with E-state index in [1.807, 2.05) is 0 Å². The lowest BCUT2D eigenvalue weighted by molar-refractivity contribution is 0.0504. The Morgan fingerprint density at radius 1 is 1.46 bits per heavy atom. The number of para-hydroxylation sites is 1. The molecule has 0 heterocycles. The number of carbonyl (C=O) groups excluding carboxylic acids is 1. The quantitative estimate of drug-likeness (QED) is 0.551. The van der Waals surface area contributed by atoms with Crippen LogP contribution in [0.15, 0.2) is 24.3 Å². The van der Waals surface area contributed by atoms with E-state index in [9.17, 15) is 4.79 Å². The van der Waals surface area contributed by atoms with Crippen LogP contribution in [0.1, 0.15) is 10.4 Å². The first-order chi connectivity index (χ1) is 6.25. The lowest BCUT2D eigenvalue weighted by Gasteiger charge is -2.06. The molecule has 0 aromatic heterocycles. The van der Waals surface area contributed by atoms with Crippen LogP contribution in [0.5, 0.6) is 5.75 Å². The maximum atomic E-state index is 10.9. The van der Waals surface area contributed by atoms with Gasteiger partial charge in [0.15, 0.2) is 6.79 Å². The summed E-state index contributed by atoms with van der Waals surface area (Å²) in [6, 6.07) is 6.73. The zero-order valence-electron chi connectivity index (χ0n) is 7.12. The highest BCUT2D eigenvalue weighted by Crippen LogP contribution is 2.19. The number of ether oxygens (including phenoxy) is 2. The van der Waals surface area contributed by atoms with Gasteiger partial charge in [0.05, 0.1) is 5.56 Å². The van der Waals surface area contributed by atoms with E-state index in [1.54, 1.807) is 24.3 Å². The monoisotopic (exact) mass is 200 g/mol. The molecular weight excluding hydrogens is 192 g/mol. The highest BCUT2D eigenvalue weighted by molar-refractivity contribution is 6.68. The molecular formula is C9H9ClO3. The van der Waals surface area contributed by atoms with E-state index in [-0.39, 0.29) is 6.79 Å². The fraction of sp³-hybridized carbons (Fsp3) is 0.222. The molecule has 0 radical (unpaired) electrons. The van der Waals surface area contributed by atoms with Crippen molar-refractivity contribution in [2.24, 2.45) is 0 Å². The Morgan fingerprint density at radius 3 is 2.77 bits per heavy atom. The van der Waals surface area contributed by atoms with Crippen molar-refractivity contribution in [2.75, 3.05) is 13.9 Å². The molecule has 0 aliphatic heterocycles. The standard InChI is InChI=1S/C9H9ClO3/c1-12-6-13-8-5-3-2-4-7(8)9(10)11/h2-5H,6H2,1H3.